The van der Waals surface area contributed by atoms with Crippen LogP contribution in [0.2, 0.25) is 0 Å². The van der Waals surface area contributed by atoms with E-state index in [1.807, 2.05) is 11.0 Å². The SMILES string of the molecule is O=C(CNCCn1ccccc1=O)N1CCCC1. The molecule has 5 heteroatoms. The third-order valence-corrected chi connectivity index (χ3v) is 3.16. The zero-order valence-corrected chi connectivity index (χ0v) is 10.5. The van der Waals surface area contributed by atoms with Crippen molar-refractivity contribution in [1.82, 2.24) is 14.8 Å². The van der Waals surface area contributed by atoms with Gasteiger partial charge in [-0.2, -0.15) is 0 Å². The summed E-state index contributed by atoms with van der Waals surface area (Å²) in [6.07, 6.45) is 3.99. The second-order valence-corrected chi connectivity index (χ2v) is 4.50. The molecule has 1 fully saturated rings. The summed E-state index contributed by atoms with van der Waals surface area (Å²) in [5.74, 6) is 0.160. The molecule has 2 rings (SSSR count). The van der Waals surface area contributed by atoms with Crippen molar-refractivity contribution in [3.8, 4) is 0 Å². The number of likely N-dealkylation sites (tertiary alicyclic amines) is 1. The molecule has 0 saturated carbocycles. The van der Waals surface area contributed by atoms with E-state index >= 15 is 0 Å². The van der Waals surface area contributed by atoms with Crippen molar-refractivity contribution < 1.29 is 4.79 Å². The Morgan fingerprint density at radius 3 is 2.78 bits per heavy atom. The van der Waals surface area contributed by atoms with Gasteiger partial charge in [-0.25, -0.2) is 0 Å². The zero-order valence-electron chi connectivity index (χ0n) is 10.5. The second-order valence-electron chi connectivity index (χ2n) is 4.50. The van der Waals surface area contributed by atoms with Crippen LogP contribution in [0.4, 0.5) is 0 Å². The Morgan fingerprint density at radius 2 is 2.06 bits per heavy atom. The largest absolute Gasteiger partial charge is 0.342 e. The number of nitrogens with zero attached hydrogens (tertiary/aromatic N) is 2. The topological polar surface area (TPSA) is 54.3 Å². The number of carbonyl (C=O) groups excluding carboxylic acids is 1. The standard InChI is InChI=1S/C13H19N3O2/c17-12-5-1-2-7-16(12)10-6-14-11-13(18)15-8-3-4-9-15/h1-2,5,7,14H,3-4,6,8-11H2. The first kappa shape index (κ1) is 12.8. The van der Waals surface area contributed by atoms with Gasteiger partial charge in [-0.3, -0.25) is 9.59 Å². The molecule has 1 aliphatic rings. The molecule has 18 heavy (non-hydrogen) atoms. The van der Waals surface area contributed by atoms with E-state index in [-0.39, 0.29) is 11.5 Å². The van der Waals surface area contributed by atoms with Crippen molar-refractivity contribution in [3.05, 3.63) is 34.7 Å². The number of carbonyl (C=O) groups is 1. The van der Waals surface area contributed by atoms with Crippen molar-refractivity contribution in [3.63, 3.8) is 0 Å². The lowest BCUT2D eigenvalue weighted by molar-refractivity contribution is -0.129. The first-order valence-electron chi connectivity index (χ1n) is 6.41. The highest BCUT2D eigenvalue weighted by Crippen LogP contribution is 2.06. The van der Waals surface area contributed by atoms with Gasteiger partial charge < -0.3 is 14.8 Å². The van der Waals surface area contributed by atoms with Crippen LogP contribution in [0.3, 0.4) is 0 Å². The number of amides is 1. The van der Waals surface area contributed by atoms with E-state index in [1.54, 1.807) is 16.8 Å². The number of aromatic nitrogens is 1. The van der Waals surface area contributed by atoms with Crippen LogP contribution < -0.4 is 10.9 Å². The van der Waals surface area contributed by atoms with Gasteiger partial charge in [0, 0.05) is 38.4 Å². The minimum Gasteiger partial charge on any atom is -0.342 e. The highest BCUT2D eigenvalue weighted by atomic mass is 16.2. The Kier molecular flexibility index (Phi) is 4.52. The molecule has 0 aliphatic carbocycles. The Hall–Kier alpha value is -1.62. The maximum absolute atomic E-state index is 11.7. The number of pyridine rings is 1. The van der Waals surface area contributed by atoms with Gasteiger partial charge in [0.05, 0.1) is 6.54 Å². The molecule has 2 heterocycles. The van der Waals surface area contributed by atoms with Crippen LogP contribution in [-0.4, -0.2) is 41.6 Å². The molecule has 0 bridgehead atoms. The predicted octanol–water partition coefficient (Wildman–Crippen LogP) is 0.0603. The van der Waals surface area contributed by atoms with Crippen LogP contribution in [0.15, 0.2) is 29.2 Å². The fourth-order valence-electron chi connectivity index (χ4n) is 2.12. The lowest BCUT2D eigenvalue weighted by Gasteiger charge is -2.15. The van der Waals surface area contributed by atoms with E-state index in [0.29, 0.717) is 19.6 Å². The maximum atomic E-state index is 11.7. The van der Waals surface area contributed by atoms with E-state index in [0.717, 1.165) is 25.9 Å². The molecule has 1 N–H and O–H groups in total. The van der Waals surface area contributed by atoms with E-state index in [9.17, 15) is 9.59 Å². The zero-order chi connectivity index (χ0) is 12.8. The van der Waals surface area contributed by atoms with Crippen LogP contribution in [0.5, 0.6) is 0 Å². The summed E-state index contributed by atoms with van der Waals surface area (Å²) in [6.45, 7) is 3.36. The van der Waals surface area contributed by atoms with Gasteiger partial charge in [0.1, 0.15) is 0 Å². The van der Waals surface area contributed by atoms with E-state index in [4.69, 9.17) is 0 Å². The molecule has 1 aromatic heterocycles. The second kappa shape index (κ2) is 6.35. The summed E-state index contributed by atoms with van der Waals surface area (Å²) >= 11 is 0. The fraction of sp³-hybridized carbons (Fsp3) is 0.538. The molecule has 0 aromatic carbocycles. The van der Waals surface area contributed by atoms with Crippen LogP contribution in [-0.2, 0) is 11.3 Å². The molecule has 0 radical (unpaired) electrons. The average molecular weight is 249 g/mol. The van der Waals surface area contributed by atoms with Crippen molar-refractivity contribution in [2.45, 2.75) is 19.4 Å². The smallest absolute Gasteiger partial charge is 0.250 e. The lowest BCUT2D eigenvalue weighted by Crippen LogP contribution is -2.37. The quantitative estimate of drug-likeness (QED) is 0.751. The predicted molar refractivity (Wildman–Crippen MR) is 69.4 cm³/mol. The van der Waals surface area contributed by atoms with E-state index < -0.39 is 0 Å². The van der Waals surface area contributed by atoms with Gasteiger partial charge in [0.2, 0.25) is 5.91 Å². The van der Waals surface area contributed by atoms with Gasteiger partial charge in [0.25, 0.3) is 5.56 Å². The molecule has 0 spiro atoms. The summed E-state index contributed by atoms with van der Waals surface area (Å²) in [4.78, 5) is 25.0. The van der Waals surface area contributed by atoms with Crippen LogP contribution in [0.1, 0.15) is 12.8 Å². The molecular weight excluding hydrogens is 230 g/mol. The average Bonchev–Trinajstić information content (AvgIpc) is 2.90. The minimum absolute atomic E-state index is 0.00910. The Labute approximate surface area is 106 Å². The number of hydrogen-bond acceptors (Lipinski definition) is 3. The molecule has 1 amide bonds. The lowest BCUT2D eigenvalue weighted by atomic mass is 10.4. The molecule has 5 nitrogen and oxygen atoms in total. The number of hydrogen-bond donors (Lipinski definition) is 1. The Balaban J connectivity index is 1.68. The number of nitrogens with one attached hydrogen (secondary N) is 1. The van der Waals surface area contributed by atoms with Gasteiger partial charge in [-0.1, -0.05) is 6.07 Å². The third-order valence-electron chi connectivity index (χ3n) is 3.16. The molecule has 1 aromatic rings. The van der Waals surface area contributed by atoms with Crippen LogP contribution in [0, 0.1) is 0 Å². The number of rotatable bonds is 5. The fourth-order valence-corrected chi connectivity index (χ4v) is 2.12. The Bertz CT molecular complexity index is 450. The summed E-state index contributed by atoms with van der Waals surface area (Å²) in [6, 6.07) is 5.09. The highest BCUT2D eigenvalue weighted by Gasteiger charge is 2.16. The molecule has 0 unspecified atom stereocenters. The summed E-state index contributed by atoms with van der Waals surface area (Å²) in [5.41, 5.74) is -0.00910. The molecule has 98 valence electrons. The normalized spacial score (nSPS) is 15.0. The van der Waals surface area contributed by atoms with E-state index in [2.05, 4.69) is 5.32 Å². The summed E-state index contributed by atoms with van der Waals surface area (Å²) < 4.78 is 1.63. The first-order chi connectivity index (χ1) is 8.77. The van der Waals surface area contributed by atoms with Gasteiger partial charge in [-0.15, -0.1) is 0 Å². The third kappa shape index (κ3) is 3.43. The summed E-state index contributed by atoms with van der Waals surface area (Å²) in [7, 11) is 0. The van der Waals surface area contributed by atoms with Crippen LogP contribution in [0.25, 0.3) is 0 Å². The molecular formula is C13H19N3O2. The van der Waals surface area contributed by atoms with Gasteiger partial charge in [0.15, 0.2) is 0 Å². The molecule has 1 aliphatic heterocycles. The first-order valence-corrected chi connectivity index (χ1v) is 6.41. The summed E-state index contributed by atoms with van der Waals surface area (Å²) in [5, 5.41) is 3.09. The van der Waals surface area contributed by atoms with Gasteiger partial charge in [-0.05, 0) is 18.9 Å². The monoisotopic (exact) mass is 249 g/mol. The van der Waals surface area contributed by atoms with Gasteiger partial charge >= 0.3 is 0 Å². The van der Waals surface area contributed by atoms with Crippen molar-refractivity contribution >= 4 is 5.91 Å². The highest BCUT2D eigenvalue weighted by molar-refractivity contribution is 5.78. The van der Waals surface area contributed by atoms with Crippen molar-refractivity contribution in [2.75, 3.05) is 26.2 Å². The minimum atomic E-state index is -0.00910. The maximum Gasteiger partial charge on any atom is 0.250 e. The van der Waals surface area contributed by atoms with Crippen LogP contribution >= 0.6 is 0 Å². The van der Waals surface area contributed by atoms with Crippen molar-refractivity contribution in [1.29, 1.82) is 0 Å². The Morgan fingerprint density at radius 1 is 1.28 bits per heavy atom. The van der Waals surface area contributed by atoms with Crippen molar-refractivity contribution in [2.24, 2.45) is 0 Å². The molecule has 1 saturated heterocycles. The van der Waals surface area contributed by atoms with E-state index in [1.165, 1.54) is 6.07 Å². The molecule has 0 atom stereocenters.